The molecule has 1 N–H and O–H groups in total. The number of anilines is 1. The maximum atomic E-state index is 12.5. The highest BCUT2D eigenvalue weighted by atomic mass is 16.5. The number of rotatable bonds is 7. The van der Waals surface area contributed by atoms with Crippen LogP contribution in [0.3, 0.4) is 0 Å². The fourth-order valence-corrected chi connectivity index (χ4v) is 3.81. The first-order valence-corrected chi connectivity index (χ1v) is 10.5. The van der Waals surface area contributed by atoms with Crippen LogP contribution in [0, 0.1) is 0 Å². The summed E-state index contributed by atoms with van der Waals surface area (Å²) in [5, 5.41) is 2.97. The fraction of sp³-hybridized carbons (Fsp3) is 0.333. The molecule has 3 aromatic rings. The number of amides is 1. The summed E-state index contributed by atoms with van der Waals surface area (Å²) in [4.78, 5) is 21.5. The van der Waals surface area contributed by atoms with Gasteiger partial charge in [0.15, 0.2) is 5.69 Å². The van der Waals surface area contributed by atoms with Gasteiger partial charge < -0.3 is 19.4 Å². The summed E-state index contributed by atoms with van der Waals surface area (Å²) in [6.45, 7) is 6.09. The third-order valence-electron chi connectivity index (χ3n) is 5.59. The molecule has 1 fully saturated rings. The lowest BCUT2D eigenvalue weighted by Gasteiger charge is -2.36. The van der Waals surface area contributed by atoms with Crippen LogP contribution in [0.15, 0.2) is 65.3 Å². The number of oxazole rings is 1. The van der Waals surface area contributed by atoms with Crippen LogP contribution in [0.1, 0.15) is 34.9 Å². The zero-order chi connectivity index (χ0) is 21.6. The van der Waals surface area contributed by atoms with Gasteiger partial charge in [0.05, 0.1) is 25.4 Å². The molecule has 1 atom stereocenters. The minimum Gasteiger partial charge on any atom is -0.495 e. The molecule has 1 aliphatic heterocycles. The van der Waals surface area contributed by atoms with Gasteiger partial charge in [-0.25, -0.2) is 4.98 Å². The van der Waals surface area contributed by atoms with Crippen LogP contribution in [-0.2, 0) is 6.54 Å². The maximum Gasteiger partial charge on any atom is 0.273 e. The van der Waals surface area contributed by atoms with E-state index < -0.39 is 0 Å². The van der Waals surface area contributed by atoms with Gasteiger partial charge in [0.2, 0.25) is 5.89 Å². The molecule has 7 nitrogen and oxygen atoms in total. The Morgan fingerprint density at radius 1 is 1.10 bits per heavy atom. The summed E-state index contributed by atoms with van der Waals surface area (Å²) in [7, 11) is 1.70. The quantitative estimate of drug-likeness (QED) is 0.631. The Hall–Kier alpha value is -3.32. The van der Waals surface area contributed by atoms with Gasteiger partial charge in [-0.2, -0.15) is 0 Å². The number of nitrogens with one attached hydrogen (secondary N) is 1. The number of aromatic nitrogens is 1. The van der Waals surface area contributed by atoms with E-state index in [0.717, 1.165) is 43.2 Å². The van der Waals surface area contributed by atoms with Crippen LogP contribution in [-0.4, -0.2) is 49.1 Å². The third kappa shape index (κ3) is 5.06. The Kier molecular flexibility index (Phi) is 6.52. The highest BCUT2D eigenvalue weighted by molar-refractivity contribution is 5.92. The number of carbonyl (C=O) groups is 1. The average molecular weight is 421 g/mol. The van der Waals surface area contributed by atoms with Crippen LogP contribution >= 0.6 is 0 Å². The molecule has 2 heterocycles. The number of carbonyl (C=O) groups excluding carboxylic acids is 1. The van der Waals surface area contributed by atoms with Gasteiger partial charge in [0.1, 0.15) is 12.0 Å². The van der Waals surface area contributed by atoms with E-state index in [1.165, 1.54) is 6.26 Å². The van der Waals surface area contributed by atoms with Crippen LogP contribution in [0.5, 0.6) is 5.75 Å². The first kappa shape index (κ1) is 20.9. The minimum absolute atomic E-state index is 0.100. The predicted octanol–water partition coefficient (Wildman–Crippen LogP) is 3.50. The molecule has 31 heavy (non-hydrogen) atoms. The molecule has 162 valence electrons. The van der Waals surface area contributed by atoms with Crippen molar-refractivity contribution in [2.24, 2.45) is 0 Å². The number of hydrogen-bond donors (Lipinski definition) is 1. The molecular formula is C24H28N4O3. The lowest BCUT2D eigenvalue weighted by molar-refractivity contribution is 0.0934. The average Bonchev–Trinajstić information content (AvgIpc) is 3.29. The number of ether oxygens (including phenoxy) is 1. The van der Waals surface area contributed by atoms with Gasteiger partial charge >= 0.3 is 0 Å². The van der Waals surface area contributed by atoms with Gasteiger partial charge in [-0.3, -0.25) is 9.69 Å². The Morgan fingerprint density at radius 3 is 2.55 bits per heavy atom. The van der Waals surface area contributed by atoms with Crippen molar-refractivity contribution in [2.45, 2.75) is 19.5 Å². The number of hydrogen-bond acceptors (Lipinski definition) is 6. The first-order chi connectivity index (χ1) is 15.1. The van der Waals surface area contributed by atoms with E-state index in [1.807, 2.05) is 55.5 Å². The summed E-state index contributed by atoms with van der Waals surface area (Å²) in [6.07, 6.45) is 1.44. The lowest BCUT2D eigenvalue weighted by Crippen LogP contribution is -2.46. The van der Waals surface area contributed by atoms with Crippen LogP contribution < -0.4 is 15.0 Å². The molecule has 0 unspecified atom stereocenters. The number of methoxy groups -OCH3 is 1. The van der Waals surface area contributed by atoms with Crippen molar-refractivity contribution in [1.82, 2.24) is 15.2 Å². The normalized spacial score (nSPS) is 15.5. The molecule has 1 aromatic heterocycles. The van der Waals surface area contributed by atoms with Crippen molar-refractivity contribution >= 4 is 11.6 Å². The van der Waals surface area contributed by atoms with Gasteiger partial charge in [-0.15, -0.1) is 0 Å². The van der Waals surface area contributed by atoms with E-state index in [1.54, 1.807) is 7.11 Å². The molecule has 2 aromatic carbocycles. The molecule has 0 bridgehead atoms. The highest BCUT2D eigenvalue weighted by Gasteiger charge is 2.22. The SMILES string of the molecule is COc1ccccc1N1CCN(Cc2nc(C(=O)N[C@H](C)c3ccccc3)co2)CC1. The Labute approximate surface area is 182 Å². The molecule has 0 radical (unpaired) electrons. The van der Waals surface area contributed by atoms with Crippen molar-refractivity contribution in [3.63, 3.8) is 0 Å². The topological polar surface area (TPSA) is 70.8 Å². The van der Waals surface area contributed by atoms with E-state index in [0.29, 0.717) is 18.1 Å². The van der Waals surface area contributed by atoms with E-state index in [2.05, 4.69) is 26.2 Å². The van der Waals surface area contributed by atoms with Crippen molar-refractivity contribution in [2.75, 3.05) is 38.2 Å². The molecular weight excluding hydrogens is 392 g/mol. The number of piperazine rings is 1. The molecule has 7 heteroatoms. The second-order valence-corrected chi connectivity index (χ2v) is 7.67. The van der Waals surface area contributed by atoms with E-state index in [4.69, 9.17) is 9.15 Å². The molecule has 0 aliphatic carbocycles. The zero-order valence-electron chi connectivity index (χ0n) is 18.0. The molecule has 0 spiro atoms. The van der Waals surface area contributed by atoms with Crippen LogP contribution in [0.25, 0.3) is 0 Å². The summed E-state index contributed by atoms with van der Waals surface area (Å²) >= 11 is 0. The molecule has 0 saturated carbocycles. The first-order valence-electron chi connectivity index (χ1n) is 10.5. The maximum absolute atomic E-state index is 12.5. The summed E-state index contributed by atoms with van der Waals surface area (Å²) < 4.78 is 11.1. The number of benzene rings is 2. The third-order valence-corrected chi connectivity index (χ3v) is 5.59. The second-order valence-electron chi connectivity index (χ2n) is 7.67. The molecule has 4 rings (SSSR count). The zero-order valence-corrected chi connectivity index (χ0v) is 18.0. The molecule has 1 saturated heterocycles. The van der Waals surface area contributed by atoms with Crippen molar-refractivity contribution < 1.29 is 13.9 Å². The van der Waals surface area contributed by atoms with Crippen LogP contribution in [0.4, 0.5) is 5.69 Å². The van der Waals surface area contributed by atoms with Crippen LogP contribution in [0.2, 0.25) is 0 Å². The fourth-order valence-electron chi connectivity index (χ4n) is 3.81. The molecule has 1 aliphatic rings. The van der Waals surface area contributed by atoms with E-state index in [-0.39, 0.29) is 11.9 Å². The van der Waals surface area contributed by atoms with Gasteiger partial charge in [0.25, 0.3) is 5.91 Å². The predicted molar refractivity (Wildman–Crippen MR) is 119 cm³/mol. The summed E-state index contributed by atoms with van der Waals surface area (Å²) in [5.41, 5.74) is 2.48. The standard InChI is InChI=1S/C24H28N4O3/c1-18(19-8-4-3-5-9-19)25-24(29)20-17-31-23(26-20)16-27-12-14-28(15-13-27)21-10-6-7-11-22(21)30-2/h3-11,17-18H,12-16H2,1-2H3,(H,25,29)/t18-/m1/s1. The lowest BCUT2D eigenvalue weighted by atomic mass is 10.1. The minimum atomic E-state index is -0.229. The summed E-state index contributed by atoms with van der Waals surface area (Å²) in [5.74, 6) is 1.22. The Balaban J connectivity index is 1.30. The van der Waals surface area contributed by atoms with E-state index in [9.17, 15) is 4.79 Å². The Bertz CT molecular complexity index is 997. The van der Waals surface area contributed by atoms with Crippen molar-refractivity contribution in [3.8, 4) is 5.75 Å². The molecule has 1 amide bonds. The van der Waals surface area contributed by atoms with E-state index >= 15 is 0 Å². The Morgan fingerprint density at radius 2 is 1.81 bits per heavy atom. The smallest absolute Gasteiger partial charge is 0.273 e. The van der Waals surface area contributed by atoms with Gasteiger partial charge in [-0.05, 0) is 24.6 Å². The number of para-hydroxylation sites is 2. The second kappa shape index (κ2) is 9.66. The largest absolute Gasteiger partial charge is 0.495 e. The van der Waals surface area contributed by atoms with Crippen molar-refractivity contribution in [1.29, 1.82) is 0 Å². The van der Waals surface area contributed by atoms with Gasteiger partial charge in [0, 0.05) is 26.2 Å². The highest BCUT2D eigenvalue weighted by Crippen LogP contribution is 2.28. The number of nitrogens with zero attached hydrogens (tertiary/aromatic N) is 3. The summed E-state index contributed by atoms with van der Waals surface area (Å²) in [6, 6.07) is 17.8. The van der Waals surface area contributed by atoms with Crippen molar-refractivity contribution in [3.05, 3.63) is 78.0 Å². The van der Waals surface area contributed by atoms with Gasteiger partial charge in [-0.1, -0.05) is 42.5 Å². The monoisotopic (exact) mass is 420 g/mol.